The third-order valence-corrected chi connectivity index (χ3v) is 6.79. The molecule has 1 aromatic heterocycles. The van der Waals surface area contributed by atoms with Crippen LogP contribution in [0.1, 0.15) is 20.3 Å². The Morgan fingerprint density at radius 3 is 2.55 bits per heavy atom. The van der Waals surface area contributed by atoms with Gasteiger partial charge in [0.15, 0.2) is 5.00 Å². The smallest absolute Gasteiger partial charge is 0.304 e. The number of rotatable bonds is 4. The second-order valence-electron chi connectivity index (χ2n) is 5.54. The topological polar surface area (TPSA) is 92.6 Å². The van der Waals surface area contributed by atoms with E-state index < -0.39 is 14.9 Å². The molecule has 1 aliphatic heterocycles. The number of hydrogen-bond donors (Lipinski definition) is 1. The van der Waals surface area contributed by atoms with E-state index in [1.54, 1.807) is 0 Å². The molecule has 0 atom stereocenters. The molecule has 1 saturated heterocycles. The summed E-state index contributed by atoms with van der Waals surface area (Å²) in [5, 5.41) is 13.8. The molecule has 1 aliphatic rings. The SMILES string of the molecule is CNc1sc(S(=O)(=O)N2CCC(C)(C)C2)cc1[N+](=O)[O-]. The summed E-state index contributed by atoms with van der Waals surface area (Å²) in [5.74, 6) is 0. The maximum absolute atomic E-state index is 12.5. The van der Waals surface area contributed by atoms with Crippen LogP contribution >= 0.6 is 11.3 Å². The fraction of sp³-hybridized carbons (Fsp3) is 0.636. The fourth-order valence-electron chi connectivity index (χ4n) is 2.20. The van der Waals surface area contributed by atoms with Crippen molar-refractivity contribution in [2.24, 2.45) is 5.41 Å². The van der Waals surface area contributed by atoms with Gasteiger partial charge in [0.25, 0.3) is 10.0 Å². The van der Waals surface area contributed by atoms with E-state index in [0.29, 0.717) is 13.1 Å². The molecule has 0 radical (unpaired) electrons. The lowest BCUT2D eigenvalue weighted by molar-refractivity contribution is -0.383. The zero-order chi connectivity index (χ0) is 15.1. The highest BCUT2D eigenvalue weighted by Crippen LogP contribution is 2.40. The minimum Gasteiger partial charge on any atom is -0.374 e. The van der Waals surface area contributed by atoms with Crippen molar-refractivity contribution in [2.75, 3.05) is 25.5 Å². The summed E-state index contributed by atoms with van der Waals surface area (Å²) >= 11 is 0.899. The molecule has 1 fully saturated rings. The first-order valence-corrected chi connectivity index (χ1v) is 8.39. The molecular formula is C11H17N3O4S2. The van der Waals surface area contributed by atoms with Gasteiger partial charge in [0.05, 0.1) is 4.92 Å². The van der Waals surface area contributed by atoms with Crippen molar-refractivity contribution in [1.82, 2.24) is 4.31 Å². The Bertz CT molecular complexity index is 636. The molecule has 0 bridgehead atoms. The first-order valence-electron chi connectivity index (χ1n) is 6.13. The van der Waals surface area contributed by atoms with Crippen LogP contribution in [0, 0.1) is 15.5 Å². The van der Waals surface area contributed by atoms with Gasteiger partial charge in [-0.1, -0.05) is 25.2 Å². The first kappa shape index (κ1) is 15.2. The summed E-state index contributed by atoms with van der Waals surface area (Å²) in [6.07, 6.45) is 0.790. The lowest BCUT2D eigenvalue weighted by atomic mass is 9.93. The average molecular weight is 319 g/mol. The van der Waals surface area contributed by atoms with Crippen molar-refractivity contribution in [1.29, 1.82) is 0 Å². The second-order valence-corrected chi connectivity index (χ2v) is 8.76. The van der Waals surface area contributed by atoms with Gasteiger partial charge in [0, 0.05) is 26.2 Å². The molecule has 0 amide bonds. The summed E-state index contributed by atoms with van der Waals surface area (Å²) in [7, 11) is -2.11. The lowest BCUT2D eigenvalue weighted by Crippen LogP contribution is -2.29. The van der Waals surface area contributed by atoms with Gasteiger partial charge in [-0.05, 0) is 11.8 Å². The maximum Gasteiger partial charge on any atom is 0.304 e. The first-order chi connectivity index (χ1) is 9.17. The third-order valence-electron chi connectivity index (χ3n) is 3.35. The fourth-order valence-corrected chi connectivity index (χ4v) is 5.26. The van der Waals surface area contributed by atoms with E-state index in [4.69, 9.17) is 0 Å². The largest absolute Gasteiger partial charge is 0.374 e. The van der Waals surface area contributed by atoms with Crippen molar-refractivity contribution >= 4 is 32.0 Å². The van der Waals surface area contributed by atoms with Crippen LogP contribution in [0.5, 0.6) is 0 Å². The lowest BCUT2D eigenvalue weighted by Gasteiger charge is -2.18. The van der Waals surface area contributed by atoms with Gasteiger partial charge < -0.3 is 5.32 Å². The Morgan fingerprint density at radius 2 is 2.15 bits per heavy atom. The standard InChI is InChI=1S/C11H17N3O4S2/c1-11(2)4-5-13(7-11)20(17,18)9-6-8(14(15)16)10(12-3)19-9/h6,12H,4-5,7H2,1-3H3. The Balaban J connectivity index is 2.38. The molecule has 1 N–H and O–H groups in total. The van der Waals surface area contributed by atoms with Gasteiger partial charge in [-0.2, -0.15) is 4.31 Å². The molecule has 0 unspecified atom stereocenters. The van der Waals surface area contributed by atoms with Crippen LogP contribution < -0.4 is 5.32 Å². The van der Waals surface area contributed by atoms with Crippen molar-refractivity contribution in [3.63, 3.8) is 0 Å². The van der Waals surface area contributed by atoms with Crippen LogP contribution in [-0.2, 0) is 10.0 Å². The number of thiophene rings is 1. The summed E-state index contributed by atoms with van der Waals surface area (Å²) in [6.45, 7) is 4.92. The third kappa shape index (κ3) is 2.65. The van der Waals surface area contributed by atoms with E-state index in [-0.39, 0.29) is 20.3 Å². The number of nitrogens with one attached hydrogen (secondary N) is 1. The summed E-state index contributed by atoms with van der Waals surface area (Å²) < 4.78 is 26.4. The molecule has 7 nitrogen and oxygen atoms in total. The van der Waals surface area contributed by atoms with Crippen LogP contribution in [0.3, 0.4) is 0 Å². The van der Waals surface area contributed by atoms with Crippen LogP contribution in [-0.4, -0.2) is 37.8 Å². The van der Waals surface area contributed by atoms with Crippen molar-refractivity contribution < 1.29 is 13.3 Å². The van der Waals surface area contributed by atoms with E-state index in [2.05, 4.69) is 5.32 Å². The van der Waals surface area contributed by atoms with E-state index in [0.717, 1.165) is 23.8 Å². The predicted octanol–water partition coefficient (Wildman–Crippen LogP) is 2.12. The molecule has 0 saturated carbocycles. The summed E-state index contributed by atoms with van der Waals surface area (Å²) in [4.78, 5) is 10.3. The van der Waals surface area contributed by atoms with Crippen LogP contribution in [0.25, 0.3) is 0 Å². The highest BCUT2D eigenvalue weighted by molar-refractivity contribution is 7.91. The molecule has 1 aromatic rings. The second kappa shape index (κ2) is 4.97. The molecule has 2 heterocycles. The monoisotopic (exact) mass is 319 g/mol. The molecule has 0 aromatic carbocycles. The van der Waals surface area contributed by atoms with Gasteiger partial charge in [0.1, 0.15) is 4.21 Å². The van der Waals surface area contributed by atoms with E-state index in [1.165, 1.54) is 11.4 Å². The van der Waals surface area contributed by atoms with Crippen molar-refractivity contribution in [2.45, 2.75) is 24.5 Å². The normalized spacial score (nSPS) is 19.1. The Morgan fingerprint density at radius 1 is 1.50 bits per heavy atom. The highest BCUT2D eigenvalue weighted by atomic mass is 32.2. The zero-order valence-corrected chi connectivity index (χ0v) is 13.2. The van der Waals surface area contributed by atoms with E-state index >= 15 is 0 Å². The van der Waals surface area contributed by atoms with Crippen LogP contribution in [0.15, 0.2) is 10.3 Å². The van der Waals surface area contributed by atoms with E-state index in [9.17, 15) is 18.5 Å². The average Bonchev–Trinajstić information content (AvgIpc) is 2.92. The Hall–Kier alpha value is -1.19. The molecular weight excluding hydrogens is 302 g/mol. The van der Waals surface area contributed by atoms with Gasteiger partial charge in [-0.15, -0.1) is 0 Å². The summed E-state index contributed by atoms with van der Waals surface area (Å²) in [5.41, 5.74) is -0.253. The van der Waals surface area contributed by atoms with Gasteiger partial charge >= 0.3 is 5.69 Å². The maximum atomic E-state index is 12.5. The van der Waals surface area contributed by atoms with Crippen LogP contribution in [0.4, 0.5) is 10.7 Å². The molecule has 0 spiro atoms. The predicted molar refractivity (Wildman–Crippen MR) is 77.7 cm³/mol. The van der Waals surface area contributed by atoms with Crippen molar-refractivity contribution in [3.8, 4) is 0 Å². The number of sulfonamides is 1. The number of nitrogens with zero attached hydrogens (tertiary/aromatic N) is 2. The number of anilines is 1. The quantitative estimate of drug-likeness (QED) is 0.678. The highest BCUT2D eigenvalue weighted by Gasteiger charge is 2.38. The molecule has 112 valence electrons. The van der Waals surface area contributed by atoms with Gasteiger partial charge in [-0.3, -0.25) is 10.1 Å². The van der Waals surface area contributed by atoms with Gasteiger partial charge in [-0.25, -0.2) is 8.42 Å². The molecule has 0 aliphatic carbocycles. The summed E-state index contributed by atoms with van der Waals surface area (Å²) in [6, 6.07) is 1.14. The van der Waals surface area contributed by atoms with E-state index in [1.807, 2.05) is 13.8 Å². The molecule has 9 heteroatoms. The van der Waals surface area contributed by atoms with Gasteiger partial charge in [0.2, 0.25) is 0 Å². The van der Waals surface area contributed by atoms with Crippen molar-refractivity contribution in [3.05, 3.63) is 16.2 Å². The Labute approximate surface area is 121 Å². The number of hydrogen-bond acceptors (Lipinski definition) is 6. The molecule has 20 heavy (non-hydrogen) atoms. The minimum absolute atomic E-state index is 0.0197. The molecule has 2 rings (SSSR count). The number of nitro groups is 1. The van der Waals surface area contributed by atoms with Crippen LogP contribution in [0.2, 0.25) is 0 Å². The Kier molecular flexibility index (Phi) is 3.78. The minimum atomic E-state index is -3.65. The zero-order valence-electron chi connectivity index (χ0n) is 11.5.